The van der Waals surface area contributed by atoms with E-state index in [9.17, 15) is 0 Å². The Morgan fingerprint density at radius 3 is 2.83 bits per heavy atom. The molecule has 0 aromatic heterocycles. The Balaban J connectivity index is 0.000000720. The summed E-state index contributed by atoms with van der Waals surface area (Å²) in [4.78, 5) is 0. The summed E-state index contributed by atoms with van der Waals surface area (Å²) in [5.74, 6) is 2.70. The maximum Gasteiger partial charge on any atom is 0.152 e. The molecule has 0 aromatic rings. The second-order valence-electron chi connectivity index (χ2n) is 3.57. The third kappa shape index (κ3) is 1.67. The predicted molar refractivity (Wildman–Crippen MR) is 42.4 cm³/mol. The average molecular weight is 234 g/mol. The number of hydrogen-bond donors (Lipinski definition) is 1. The molecule has 0 spiro atoms. The van der Waals surface area contributed by atoms with Crippen molar-refractivity contribution in [2.75, 3.05) is 6.61 Å². The molecule has 0 amide bonds. The van der Waals surface area contributed by atoms with Crippen LogP contribution in [0.4, 0.5) is 0 Å². The maximum atomic E-state index is 5.55. The first kappa shape index (κ1) is 10.1. The van der Waals surface area contributed by atoms with Crippen LogP contribution in [-0.4, -0.2) is 6.61 Å². The van der Waals surface area contributed by atoms with Crippen LogP contribution in [0.25, 0.3) is 0 Å². The molecule has 1 aliphatic heterocycles. The molecular formula is C9H16BrNO. The van der Waals surface area contributed by atoms with Gasteiger partial charge in [-0.1, -0.05) is 12.8 Å². The first-order chi connectivity index (χ1) is 5.42. The highest BCUT2D eigenvalue weighted by Crippen LogP contribution is 2.40. The Morgan fingerprint density at radius 2 is 2.08 bits per heavy atom. The van der Waals surface area contributed by atoms with Gasteiger partial charge < -0.3 is 27.5 Å². The van der Waals surface area contributed by atoms with Crippen molar-refractivity contribution in [3.63, 3.8) is 0 Å². The molecule has 70 valence electrons. The van der Waals surface area contributed by atoms with Crippen molar-refractivity contribution < 1.29 is 27.5 Å². The van der Waals surface area contributed by atoms with Crippen molar-refractivity contribution in [3.8, 4) is 0 Å². The number of hydrogen-bond acceptors (Lipinski definition) is 1. The van der Waals surface area contributed by atoms with E-state index in [-0.39, 0.29) is 17.0 Å². The number of halogens is 1. The molecule has 12 heavy (non-hydrogen) atoms. The summed E-state index contributed by atoms with van der Waals surface area (Å²) in [6, 6.07) is 0. The van der Waals surface area contributed by atoms with E-state index in [0.717, 1.165) is 24.2 Å². The summed E-state index contributed by atoms with van der Waals surface area (Å²) in [6.07, 6.45) is 7.36. The van der Waals surface area contributed by atoms with E-state index in [4.69, 9.17) is 4.74 Å². The number of allylic oxidation sites excluding steroid dienone is 1. The van der Waals surface area contributed by atoms with Crippen LogP contribution >= 0.6 is 0 Å². The third-order valence-corrected chi connectivity index (χ3v) is 2.94. The molecule has 0 aromatic carbocycles. The highest BCUT2D eigenvalue weighted by Gasteiger charge is 2.35. The zero-order valence-electron chi connectivity index (χ0n) is 7.26. The summed E-state index contributed by atoms with van der Waals surface area (Å²) in [7, 11) is 0. The highest BCUT2D eigenvalue weighted by atomic mass is 79.9. The van der Waals surface area contributed by atoms with Crippen LogP contribution in [0.15, 0.2) is 12.0 Å². The van der Waals surface area contributed by atoms with E-state index in [1.165, 1.54) is 25.7 Å². The second kappa shape index (κ2) is 4.28. The van der Waals surface area contributed by atoms with Crippen molar-refractivity contribution in [3.05, 3.63) is 12.0 Å². The zero-order valence-corrected chi connectivity index (χ0v) is 8.85. The summed E-state index contributed by atoms with van der Waals surface area (Å²) >= 11 is 0. The van der Waals surface area contributed by atoms with E-state index >= 15 is 0 Å². The lowest BCUT2D eigenvalue weighted by molar-refractivity contribution is -0.279. The molecule has 3 heteroatoms. The fraction of sp³-hybridized carbons (Fsp3) is 0.778. The van der Waals surface area contributed by atoms with E-state index in [2.05, 4.69) is 5.73 Å². The van der Waals surface area contributed by atoms with Gasteiger partial charge in [-0.05, 0) is 12.8 Å². The van der Waals surface area contributed by atoms with Gasteiger partial charge in [-0.25, -0.2) is 0 Å². The minimum atomic E-state index is 0. The van der Waals surface area contributed by atoms with Crippen LogP contribution in [0, 0.1) is 11.8 Å². The van der Waals surface area contributed by atoms with Gasteiger partial charge in [0.2, 0.25) is 0 Å². The summed E-state index contributed by atoms with van der Waals surface area (Å²) < 4.78 is 5.55. The molecule has 2 unspecified atom stereocenters. The zero-order chi connectivity index (χ0) is 7.68. The smallest absolute Gasteiger partial charge is 0.152 e. The Labute approximate surface area is 83.9 Å². The largest absolute Gasteiger partial charge is 1.00 e. The number of quaternary nitrogens is 1. The molecule has 2 rings (SSSR count). The van der Waals surface area contributed by atoms with Gasteiger partial charge in [0.1, 0.15) is 6.20 Å². The molecule has 3 N–H and O–H groups in total. The van der Waals surface area contributed by atoms with Crippen LogP contribution in [0.5, 0.6) is 0 Å². The summed E-state index contributed by atoms with van der Waals surface area (Å²) in [5, 5.41) is 0. The minimum Gasteiger partial charge on any atom is -1.00 e. The van der Waals surface area contributed by atoms with Gasteiger partial charge in [-0.2, -0.15) is 0 Å². The van der Waals surface area contributed by atoms with E-state index in [0.29, 0.717) is 0 Å². The molecule has 2 fully saturated rings. The fourth-order valence-corrected chi connectivity index (χ4v) is 2.30. The van der Waals surface area contributed by atoms with Crippen molar-refractivity contribution >= 4 is 0 Å². The molecule has 2 aliphatic rings. The van der Waals surface area contributed by atoms with Gasteiger partial charge in [0, 0.05) is 11.8 Å². The van der Waals surface area contributed by atoms with Gasteiger partial charge in [0.25, 0.3) is 0 Å². The average Bonchev–Trinajstić information content (AvgIpc) is 2.47. The Morgan fingerprint density at radius 1 is 1.33 bits per heavy atom. The van der Waals surface area contributed by atoms with Crippen molar-refractivity contribution in [2.45, 2.75) is 25.7 Å². The highest BCUT2D eigenvalue weighted by molar-refractivity contribution is 5.03. The Hall–Kier alpha value is -0.0200. The van der Waals surface area contributed by atoms with Gasteiger partial charge in [-0.3, -0.25) is 0 Å². The third-order valence-electron chi connectivity index (χ3n) is 2.94. The monoisotopic (exact) mass is 233 g/mol. The molecule has 2 atom stereocenters. The first-order valence-corrected chi connectivity index (χ1v) is 4.54. The summed E-state index contributed by atoms with van der Waals surface area (Å²) in [6.45, 7) is 0.950. The van der Waals surface area contributed by atoms with Gasteiger partial charge in [-0.15, -0.1) is 0 Å². The minimum absolute atomic E-state index is 0. The summed E-state index contributed by atoms with van der Waals surface area (Å²) in [5.41, 5.74) is 3.77. The van der Waals surface area contributed by atoms with Gasteiger partial charge >= 0.3 is 0 Å². The van der Waals surface area contributed by atoms with Gasteiger partial charge in [0.15, 0.2) is 5.76 Å². The van der Waals surface area contributed by atoms with Crippen LogP contribution in [0.1, 0.15) is 25.7 Å². The van der Waals surface area contributed by atoms with Crippen molar-refractivity contribution in [1.82, 2.24) is 0 Å². The number of ether oxygens (including phenoxy) is 1. The van der Waals surface area contributed by atoms with Crippen LogP contribution < -0.4 is 22.7 Å². The Bertz CT molecular complexity index is 181. The van der Waals surface area contributed by atoms with E-state index in [1.54, 1.807) is 0 Å². The van der Waals surface area contributed by atoms with Crippen LogP contribution in [0.2, 0.25) is 0 Å². The van der Waals surface area contributed by atoms with Gasteiger partial charge in [0.05, 0.1) is 6.61 Å². The van der Waals surface area contributed by atoms with Crippen LogP contribution in [-0.2, 0) is 4.74 Å². The molecule has 0 radical (unpaired) electrons. The second-order valence-corrected chi connectivity index (χ2v) is 3.57. The fourth-order valence-electron chi connectivity index (χ4n) is 2.30. The predicted octanol–water partition coefficient (Wildman–Crippen LogP) is -2.09. The van der Waals surface area contributed by atoms with Crippen molar-refractivity contribution in [2.24, 2.45) is 11.8 Å². The SMILES string of the molecule is [Br-].[NH3+]C=C1OCC2CCCCC12. The maximum absolute atomic E-state index is 5.55. The molecule has 2 nitrogen and oxygen atoms in total. The molecule has 1 heterocycles. The lowest BCUT2D eigenvalue weighted by atomic mass is 9.80. The topological polar surface area (TPSA) is 36.9 Å². The molecule has 1 saturated heterocycles. The van der Waals surface area contributed by atoms with Crippen molar-refractivity contribution in [1.29, 1.82) is 0 Å². The lowest BCUT2D eigenvalue weighted by Gasteiger charge is -2.21. The quantitative estimate of drug-likeness (QED) is 0.512. The van der Waals surface area contributed by atoms with E-state index in [1.807, 2.05) is 6.20 Å². The van der Waals surface area contributed by atoms with Crippen LogP contribution in [0.3, 0.4) is 0 Å². The number of fused-ring (bicyclic) bond motifs is 1. The molecule has 1 saturated carbocycles. The molecular weight excluding hydrogens is 218 g/mol. The number of rotatable bonds is 0. The first-order valence-electron chi connectivity index (χ1n) is 4.54. The molecule has 1 aliphatic carbocycles. The lowest BCUT2D eigenvalue weighted by Crippen LogP contribution is -3.00. The molecule has 0 bridgehead atoms. The van der Waals surface area contributed by atoms with E-state index < -0.39 is 0 Å². The Kier molecular flexibility index (Phi) is 3.59. The standard InChI is InChI=1S/C9H15NO.BrH/c10-5-9-8-4-2-1-3-7(8)6-11-9;/h5,7-8H,1-4,6,10H2;1H. The normalized spacial score (nSPS) is 36.9.